The van der Waals surface area contributed by atoms with Gasteiger partial charge >= 0.3 is 0 Å². The van der Waals surface area contributed by atoms with Gasteiger partial charge in [0, 0.05) is 56.8 Å². The van der Waals surface area contributed by atoms with E-state index in [4.69, 9.17) is 0 Å². The van der Waals surface area contributed by atoms with Crippen molar-refractivity contribution in [2.75, 3.05) is 37.6 Å². The largest absolute Gasteiger partial charge is 0.369 e. The maximum Gasteiger partial charge on any atom is 0.234 e. The molecule has 6 heteroatoms. The molecule has 0 radical (unpaired) electrons. The molecule has 26 heavy (non-hydrogen) atoms. The van der Waals surface area contributed by atoms with Crippen LogP contribution in [0.1, 0.15) is 18.9 Å². The number of rotatable bonds is 7. The highest BCUT2D eigenvalue weighted by Crippen LogP contribution is 2.17. The Balaban J connectivity index is 1.37. The number of benzene rings is 1. The van der Waals surface area contributed by atoms with Crippen molar-refractivity contribution in [2.24, 2.45) is 0 Å². The predicted molar refractivity (Wildman–Crippen MR) is 104 cm³/mol. The number of piperazine rings is 1. The lowest BCUT2D eigenvalue weighted by Crippen LogP contribution is -2.50. The van der Waals surface area contributed by atoms with Gasteiger partial charge in [-0.05, 0) is 44.0 Å². The highest BCUT2D eigenvalue weighted by molar-refractivity contribution is 5.78. The molecule has 1 amide bonds. The third kappa shape index (κ3) is 5.33. The first-order valence-electron chi connectivity index (χ1n) is 9.41. The van der Waals surface area contributed by atoms with Crippen molar-refractivity contribution in [3.8, 4) is 0 Å². The summed E-state index contributed by atoms with van der Waals surface area (Å²) in [5.74, 6) is 0.113. The van der Waals surface area contributed by atoms with E-state index in [0.717, 1.165) is 39.1 Å². The number of nitrogens with one attached hydrogen (secondary N) is 1. The van der Waals surface area contributed by atoms with Crippen LogP contribution in [0.25, 0.3) is 0 Å². The molecule has 0 aliphatic carbocycles. The smallest absolute Gasteiger partial charge is 0.234 e. The molecule has 1 aromatic heterocycles. The number of anilines is 1. The molecule has 1 aliphatic rings. The normalized spacial score (nSPS) is 16.5. The first-order valence-corrected chi connectivity index (χ1v) is 9.41. The Morgan fingerprint density at radius 1 is 1.23 bits per heavy atom. The molecule has 3 rings (SSSR count). The lowest BCUT2D eigenvalue weighted by atomic mass is 10.2. The van der Waals surface area contributed by atoms with Crippen LogP contribution in [0, 0.1) is 6.92 Å². The van der Waals surface area contributed by atoms with Gasteiger partial charge in [-0.15, -0.1) is 0 Å². The molecule has 0 bridgehead atoms. The first kappa shape index (κ1) is 18.5. The molecule has 140 valence electrons. The molecule has 1 fully saturated rings. The summed E-state index contributed by atoms with van der Waals surface area (Å²) >= 11 is 0. The number of carbonyl (C=O) groups excluding carboxylic acids is 1. The lowest BCUT2D eigenvalue weighted by Gasteiger charge is -2.36. The van der Waals surface area contributed by atoms with E-state index in [1.165, 1.54) is 11.3 Å². The number of carbonyl (C=O) groups is 1. The number of aromatic nitrogens is 2. The molecule has 2 aromatic rings. The highest BCUT2D eigenvalue weighted by atomic mass is 16.2. The van der Waals surface area contributed by atoms with Crippen LogP contribution >= 0.6 is 0 Å². The van der Waals surface area contributed by atoms with Gasteiger partial charge in [0.2, 0.25) is 5.91 Å². The zero-order valence-electron chi connectivity index (χ0n) is 15.8. The van der Waals surface area contributed by atoms with E-state index < -0.39 is 0 Å². The van der Waals surface area contributed by atoms with Crippen LogP contribution < -0.4 is 10.2 Å². The highest BCUT2D eigenvalue weighted by Gasteiger charge is 2.19. The molecule has 1 aliphatic heterocycles. The summed E-state index contributed by atoms with van der Waals surface area (Å²) in [5.41, 5.74) is 2.56. The molecule has 1 aromatic carbocycles. The van der Waals surface area contributed by atoms with Crippen molar-refractivity contribution in [1.29, 1.82) is 0 Å². The minimum atomic E-state index is 0.113. The third-order valence-corrected chi connectivity index (χ3v) is 4.86. The van der Waals surface area contributed by atoms with Crippen LogP contribution in [0.15, 0.2) is 42.7 Å². The van der Waals surface area contributed by atoms with Gasteiger partial charge < -0.3 is 10.2 Å². The fraction of sp³-hybridized carbons (Fsp3) is 0.500. The van der Waals surface area contributed by atoms with Gasteiger partial charge in [-0.25, -0.2) is 0 Å². The van der Waals surface area contributed by atoms with Gasteiger partial charge in [-0.3, -0.25) is 14.4 Å². The number of nitrogens with zero attached hydrogens (tertiary/aromatic N) is 4. The summed E-state index contributed by atoms with van der Waals surface area (Å²) in [6.07, 6.45) is 4.61. The summed E-state index contributed by atoms with van der Waals surface area (Å²) in [6, 6.07) is 10.7. The van der Waals surface area contributed by atoms with Crippen molar-refractivity contribution >= 4 is 11.6 Å². The van der Waals surface area contributed by atoms with Crippen LogP contribution in [-0.2, 0) is 11.3 Å². The molecule has 2 heterocycles. The minimum Gasteiger partial charge on any atom is -0.369 e. The van der Waals surface area contributed by atoms with Gasteiger partial charge in [0.25, 0.3) is 0 Å². The van der Waals surface area contributed by atoms with Gasteiger partial charge in [0.1, 0.15) is 0 Å². The molecule has 0 unspecified atom stereocenters. The average molecular weight is 355 g/mol. The maximum absolute atomic E-state index is 12.3. The van der Waals surface area contributed by atoms with Crippen LogP contribution in [0.5, 0.6) is 0 Å². The van der Waals surface area contributed by atoms with Gasteiger partial charge in [0.15, 0.2) is 0 Å². The van der Waals surface area contributed by atoms with E-state index in [9.17, 15) is 4.79 Å². The maximum atomic E-state index is 12.3. The quantitative estimate of drug-likeness (QED) is 0.824. The van der Waals surface area contributed by atoms with Gasteiger partial charge in [-0.2, -0.15) is 5.10 Å². The number of hydrogen-bond donors (Lipinski definition) is 1. The van der Waals surface area contributed by atoms with Crippen LogP contribution in [0.2, 0.25) is 0 Å². The fourth-order valence-corrected chi connectivity index (χ4v) is 3.34. The van der Waals surface area contributed by atoms with Gasteiger partial charge in [0.05, 0.1) is 6.54 Å². The molecule has 1 saturated heterocycles. The molecular weight excluding hydrogens is 326 g/mol. The van der Waals surface area contributed by atoms with E-state index >= 15 is 0 Å². The Bertz CT molecular complexity index is 692. The SMILES string of the molecule is Cc1cccc(N2CCN(CC(=O)N[C@H](C)CCn3cccn3)CC2)c1. The number of aryl methyl sites for hydroxylation is 2. The number of hydrogen-bond acceptors (Lipinski definition) is 4. The Kier molecular flexibility index (Phi) is 6.28. The molecular formula is C20H29N5O. The Labute approximate surface area is 155 Å². The van der Waals surface area contributed by atoms with E-state index in [1.807, 2.05) is 16.9 Å². The lowest BCUT2D eigenvalue weighted by molar-refractivity contribution is -0.123. The van der Waals surface area contributed by atoms with Gasteiger partial charge in [-0.1, -0.05) is 12.1 Å². The van der Waals surface area contributed by atoms with Crippen molar-refractivity contribution in [3.05, 3.63) is 48.3 Å². The van der Waals surface area contributed by atoms with E-state index in [0.29, 0.717) is 6.54 Å². The van der Waals surface area contributed by atoms with E-state index in [2.05, 4.69) is 58.3 Å². The van der Waals surface area contributed by atoms with Crippen molar-refractivity contribution < 1.29 is 4.79 Å². The fourth-order valence-electron chi connectivity index (χ4n) is 3.34. The predicted octanol–water partition coefficient (Wildman–Crippen LogP) is 1.91. The first-order chi connectivity index (χ1) is 12.6. The van der Waals surface area contributed by atoms with E-state index in [-0.39, 0.29) is 11.9 Å². The second kappa shape index (κ2) is 8.85. The third-order valence-electron chi connectivity index (χ3n) is 4.86. The van der Waals surface area contributed by atoms with E-state index in [1.54, 1.807) is 6.20 Å². The summed E-state index contributed by atoms with van der Waals surface area (Å²) in [6.45, 7) is 9.25. The Morgan fingerprint density at radius 3 is 2.73 bits per heavy atom. The molecule has 0 saturated carbocycles. The standard InChI is InChI=1S/C20H29N5O/c1-17-5-3-6-19(15-17)24-13-11-23(12-14-24)16-20(26)22-18(2)7-10-25-9-4-8-21-25/h3-6,8-9,15,18H,7,10-14,16H2,1-2H3,(H,22,26)/t18-/m1/s1. The van der Waals surface area contributed by atoms with Crippen LogP contribution in [0.3, 0.4) is 0 Å². The van der Waals surface area contributed by atoms with Crippen molar-refractivity contribution in [1.82, 2.24) is 20.0 Å². The van der Waals surface area contributed by atoms with Crippen molar-refractivity contribution in [2.45, 2.75) is 32.9 Å². The molecule has 0 spiro atoms. The Hall–Kier alpha value is -2.34. The second-order valence-corrected chi connectivity index (χ2v) is 7.13. The topological polar surface area (TPSA) is 53.4 Å². The molecule has 1 N–H and O–H groups in total. The summed E-state index contributed by atoms with van der Waals surface area (Å²) in [7, 11) is 0. The Morgan fingerprint density at radius 2 is 2.04 bits per heavy atom. The minimum absolute atomic E-state index is 0.113. The van der Waals surface area contributed by atoms with Crippen LogP contribution in [-0.4, -0.2) is 59.4 Å². The van der Waals surface area contributed by atoms with Crippen molar-refractivity contribution in [3.63, 3.8) is 0 Å². The van der Waals surface area contributed by atoms with Crippen LogP contribution in [0.4, 0.5) is 5.69 Å². The average Bonchev–Trinajstić information content (AvgIpc) is 3.14. The monoisotopic (exact) mass is 355 g/mol. The summed E-state index contributed by atoms with van der Waals surface area (Å²) in [5, 5.41) is 7.29. The molecule has 6 nitrogen and oxygen atoms in total. The second-order valence-electron chi connectivity index (χ2n) is 7.13. The number of amides is 1. The zero-order valence-corrected chi connectivity index (χ0v) is 15.8. The zero-order chi connectivity index (χ0) is 18.4. The molecule has 1 atom stereocenters. The summed E-state index contributed by atoms with van der Waals surface area (Å²) < 4.78 is 1.90. The summed E-state index contributed by atoms with van der Waals surface area (Å²) in [4.78, 5) is 16.9.